The van der Waals surface area contributed by atoms with Crippen molar-refractivity contribution in [3.05, 3.63) is 91.0 Å². The summed E-state index contributed by atoms with van der Waals surface area (Å²) in [5.41, 5.74) is 0. The van der Waals surface area contributed by atoms with Gasteiger partial charge >= 0.3 is 0 Å². The van der Waals surface area contributed by atoms with Crippen LogP contribution >= 0.6 is 23.2 Å². The number of hydrogen-bond acceptors (Lipinski definition) is 0. The Balaban J connectivity index is 0.00000192. The number of halogens is 2. The Morgan fingerprint density at radius 3 is 1.13 bits per heavy atom. The van der Waals surface area contributed by atoms with Crippen LogP contribution in [0.1, 0.15) is 0 Å². The van der Waals surface area contributed by atoms with Crippen LogP contribution in [0.4, 0.5) is 0 Å². The molecule has 0 saturated heterocycles. The normalized spacial score (nSPS) is 10.8. The summed E-state index contributed by atoms with van der Waals surface area (Å²) >= 11 is 3.70. The molecule has 0 nitrogen and oxygen atoms in total. The standard InChI is InChI=1S/C20H19BrP.BrH/c21-16-17-22(18-10-4-1-5-11-18,19-12-6-2-7-13-19)20-14-8-3-9-15-20;/h1-15H,16-17H2;1H/q+1;/p-1. The quantitative estimate of drug-likeness (QED) is 0.408. The van der Waals surface area contributed by atoms with Crippen molar-refractivity contribution in [3.63, 3.8) is 0 Å². The van der Waals surface area contributed by atoms with Crippen molar-refractivity contribution in [2.75, 3.05) is 11.5 Å². The number of hydrogen-bond donors (Lipinski definition) is 0. The van der Waals surface area contributed by atoms with Gasteiger partial charge in [0, 0.05) is 5.33 Å². The highest BCUT2D eigenvalue weighted by atomic mass is 79.9. The SMILES string of the molecule is BrCC[P+](c1ccccc1)(c1ccccc1)c1ccccc1.[Br-]. The second-order valence-corrected chi connectivity index (χ2v) is 9.64. The van der Waals surface area contributed by atoms with Crippen molar-refractivity contribution in [1.29, 1.82) is 0 Å². The summed E-state index contributed by atoms with van der Waals surface area (Å²) < 4.78 is 0. The van der Waals surface area contributed by atoms with Gasteiger partial charge in [-0.1, -0.05) is 70.5 Å². The number of rotatable bonds is 5. The van der Waals surface area contributed by atoms with Crippen molar-refractivity contribution in [3.8, 4) is 0 Å². The van der Waals surface area contributed by atoms with Gasteiger partial charge in [0.1, 0.15) is 23.2 Å². The molecule has 23 heavy (non-hydrogen) atoms. The van der Waals surface area contributed by atoms with Gasteiger partial charge in [-0.3, -0.25) is 0 Å². The average molecular weight is 450 g/mol. The van der Waals surface area contributed by atoms with E-state index in [1.165, 1.54) is 15.9 Å². The molecule has 0 aromatic heterocycles. The third-order valence-electron chi connectivity index (χ3n) is 4.01. The summed E-state index contributed by atoms with van der Waals surface area (Å²) in [6, 6.07) is 33.0. The van der Waals surface area contributed by atoms with E-state index in [0.29, 0.717) is 0 Å². The average Bonchev–Trinajstić information content (AvgIpc) is 2.62. The van der Waals surface area contributed by atoms with Gasteiger partial charge in [0.15, 0.2) is 0 Å². The van der Waals surface area contributed by atoms with Crippen LogP contribution < -0.4 is 32.9 Å². The van der Waals surface area contributed by atoms with E-state index in [2.05, 4.69) is 107 Å². The molecule has 0 fully saturated rings. The largest absolute Gasteiger partial charge is 1.00 e. The van der Waals surface area contributed by atoms with E-state index in [0.717, 1.165) is 11.5 Å². The maximum atomic E-state index is 3.70. The molecule has 0 N–H and O–H groups in total. The Bertz CT molecular complexity index is 603. The van der Waals surface area contributed by atoms with Gasteiger partial charge < -0.3 is 17.0 Å². The van der Waals surface area contributed by atoms with Gasteiger partial charge in [-0.15, -0.1) is 0 Å². The van der Waals surface area contributed by atoms with E-state index in [9.17, 15) is 0 Å². The van der Waals surface area contributed by atoms with Crippen molar-refractivity contribution >= 4 is 39.1 Å². The van der Waals surface area contributed by atoms with Crippen LogP contribution in [0.25, 0.3) is 0 Å². The van der Waals surface area contributed by atoms with Gasteiger partial charge in [0.05, 0.1) is 6.16 Å². The lowest BCUT2D eigenvalue weighted by Gasteiger charge is -2.27. The summed E-state index contributed by atoms with van der Waals surface area (Å²) in [7, 11) is -1.60. The Labute approximate surface area is 158 Å². The molecule has 3 rings (SSSR count). The van der Waals surface area contributed by atoms with Gasteiger partial charge in [-0.05, 0) is 36.4 Å². The van der Waals surface area contributed by atoms with Gasteiger partial charge in [0.25, 0.3) is 0 Å². The maximum Gasteiger partial charge on any atom is 0.112 e. The molecule has 0 heterocycles. The molecule has 0 amide bonds. The van der Waals surface area contributed by atoms with E-state index in [1.807, 2.05) is 0 Å². The van der Waals surface area contributed by atoms with Crippen LogP contribution in [0, 0.1) is 0 Å². The smallest absolute Gasteiger partial charge is 0.112 e. The van der Waals surface area contributed by atoms with E-state index in [-0.39, 0.29) is 17.0 Å². The van der Waals surface area contributed by atoms with E-state index in [1.54, 1.807) is 0 Å². The van der Waals surface area contributed by atoms with E-state index < -0.39 is 7.26 Å². The molecule has 0 unspecified atom stereocenters. The van der Waals surface area contributed by atoms with Gasteiger partial charge in [-0.2, -0.15) is 0 Å². The molecule has 0 bridgehead atoms. The predicted octanol–water partition coefficient (Wildman–Crippen LogP) is 1.38. The monoisotopic (exact) mass is 448 g/mol. The van der Waals surface area contributed by atoms with Crippen LogP contribution in [-0.4, -0.2) is 11.5 Å². The lowest BCUT2D eigenvalue weighted by Crippen LogP contribution is -3.00. The fourth-order valence-electron chi connectivity index (χ4n) is 3.01. The highest BCUT2D eigenvalue weighted by Crippen LogP contribution is 2.55. The van der Waals surface area contributed by atoms with Crippen LogP contribution in [0.2, 0.25) is 0 Å². The van der Waals surface area contributed by atoms with Gasteiger partial charge in [-0.25, -0.2) is 0 Å². The fourth-order valence-corrected chi connectivity index (χ4v) is 8.57. The molecule has 0 saturated carbocycles. The molecule has 118 valence electrons. The zero-order valence-electron chi connectivity index (χ0n) is 12.8. The second-order valence-electron chi connectivity index (χ2n) is 5.23. The van der Waals surface area contributed by atoms with Crippen LogP contribution in [0.3, 0.4) is 0 Å². The second kappa shape index (κ2) is 8.78. The summed E-state index contributed by atoms with van der Waals surface area (Å²) in [5.74, 6) is 0. The molecule has 0 atom stereocenters. The lowest BCUT2D eigenvalue weighted by molar-refractivity contribution is -0.00000414. The minimum atomic E-state index is -1.60. The van der Waals surface area contributed by atoms with Crippen molar-refractivity contribution in [2.45, 2.75) is 0 Å². The Hall–Kier alpha value is -0.950. The molecule has 3 aromatic carbocycles. The number of alkyl halides is 1. The summed E-state index contributed by atoms with van der Waals surface area (Å²) in [5, 5.41) is 5.35. The first kappa shape index (κ1) is 18.4. The van der Waals surface area contributed by atoms with Crippen molar-refractivity contribution < 1.29 is 17.0 Å². The topological polar surface area (TPSA) is 0 Å². The third-order valence-corrected chi connectivity index (χ3v) is 9.45. The van der Waals surface area contributed by atoms with Crippen LogP contribution in [0.5, 0.6) is 0 Å². The molecule has 0 aliphatic carbocycles. The zero-order chi connectivity index (χ0) is 15.3. The van der Waals surface area contributed by atoms with Crippen molar-refractivity contribution in [1.82, 2.24) is 0 Å². The van der Waals surface area contributed by atoms with E-state index >= 15 is 0 Å². The summed E-state index contributed by atoms with van der Waals surface area (Å²) in [6.45, 7) is 0. The Kier molecular flexibility index (Phi) is 7.02. The zero-order valence-corrected chi connectivity index (χ0v) is 16.8. The Morgan fingerprint density at radius 2 is 0.870 bits per heavy atom. The highest BCUT2D eigenvalue weighted by molar-refractivity contribution is 9.09. The third kappa shape index (κ3) is 3.76. The van der Waals surface area contributed by atoms with Crippen molar-refractivity contribution in [2.24, 2.45) is 0 Å². The van der Waals surface area contributed by atoms with Crippen LogP contribution in [-0.2, 0) is 0 Å². The molecule has 3 aromatic rings. The summed E-state index contributed by atoms with van der Waals surface area (Å²) in [4.78, 5) is 0. The molecule has 0 aliphatic heterocycles. The minimum Gasteiger partial charge on any atom is -1.00 e. The van der Waals surface area contributed by atoms with Gasteiger partial charge in [0.2, 0.25) is 0 Å². The summed E-state index contributed by atoms with van der Waals surface area (Å²) in [6.07, 6.45) is 1.13. The first-order chi connectivity index (χ1) is 10.9. The molecular weight excluding hydrogens is 431 g/mol. The van der Waals surface area contributed by atoms with E-state index in [4.69, 9.17) is 0 Å². The first-order valence-corrected chi connectivity index (χ1v) is 10.6. The maximum absolute atomic E-state index is 3.70. The Morgan fingerprint density at radius 1 is 0.565 bits per heavy atom. The molecule has 0 radical (unpaired) electrons. The lowest BCUT2D eigenvalue weighted by atomic mass is 10.4. The number of benzene rings is 3. The van der Waals surface area contributed by atoms with Crippen LogP contribution in [0.15, 0.2) is 91.0 Å². The first-order valence-electron chi connectivity index (χ1n) is 7.49. The minimum absolute atomic E-state index is 0. The molecule has 0 aliphatic rings. The fraction of sp³-hybridized carbons (Fsp3) is 0.100. The highest BCUT2D eigenvalue weighted by Gasteiger charge is 2.44. The molecular formula is C20H19Br2P. The predicted molar refractivity (Wildman–Crippen MR) is 104 cm³/mol. The molecule has 0 spiro atoms. The molecule has 3 heteroatoms.